The van der Waals surface area contributed by atoms with E-state index in [1.807, 2.05) is 6.92 Å². The SMILES string of the molecule is CCCC(C)C(C)(N)c1ccc(F)cn1. The van der Waals surface area contributed by atoms with E-state index >= 15 is 0 Å². The average Bonchev–Trinajstić information content (AvgIpc) is 2.18. The Morgan fingerprint density at radius 2 is 2.20 bits per heavy atom. The molecule has 2 nitrogen and oxygen atoms in total. The molecule has 0 saturated carbocycles. The van der Waals surface area contributed by atoms with Crippen molar-refractivity contribution in [2.75, 3.05) is 0 Å². The molecule has 1 rings (SSSR count). The maximum Gasteiger partial charge on any atom is 0.141 e. The summed E-state index contributed by atoms with van der Waals surface area (Å²) in [6.45, 7) is 6.19. The van der Waals surface area contributed by atoms with Gasteiger partial charge >= 0.3 is 0 Å². The van der Waals surface area contributed by atoms with Gasteiger partial charge in [0.1, 0.15) is 5.82 Å². The Labute approximate surface area is 90.7 Å². The second-order valence-corrected chi connectivity index (χ2v) is 4.33. The molecule has 0 aliphatic heterocycles. The average molecular weight is 210 g/mol. The van der Waals surface area contributed by atoms with Crippen LogP contribution in [0.15, 0.2) is 18.3 Å². The highest BCUT2D eigenvalue weighted by Crippen LogP contribution is 2.28. The van der Waals surface area contributed by atoms with Gasteiger partial charge in [-0.15, -0.1) is 0 Å². The fourth-order valence-electron chi connectivity index (χ4n) is 1.68. The first-order valence-corrected chi connectivity index (χ1v) is 5.39. The smallest absolute Gasteiger partial charge is 0.141 e. The van der Waals surface area contributed by atoms with E-state index < -0.39 is 5.54 Å². The van der Waals surface area contributed by atoms with Crippen molar-refractivity contribution in [2.24, 2.45) is 11.7 Å². The summed E-state index contributed by atoms with van der Waals surface area (Å²) in [7, 11) is 0. The lowest BCUT2D eigenvalue weighted by molar-refractivity contribution is 0.296. The van der Waals surface area contributed by atoms with Gasteiger partial charge in [0.2, 0.25) is 0 Å². The molecule has 0 amide bonds. The van der Waals surface area contributed by atoms with Gasteiger partial charge in [0.15, 0.2) is 0 Å². The Morgan fingerprint density at radius 3 is 2.67 bits per heavy atom. The Morgan fingerprint density at radius 1 is 1.53 bits per heavy atom. The number of nitrogens with zero attached hydrogens (tertiary/aromatic N) is 1. The number of hydrogen-bond acceptors (Lipinski definition) is 2. The number of pyridine rings is 1. The summed E-state index contributed by atoms with van der Waals surface area (Å²) in [5.41, 5.74) is 6.50. The van der Waals surface area contributed by atoms with Crippen molar-refractivity contribution in [1.29, 1.82) is 0 Å². The fraction of sp³-hybridized carbons (Fsp3) is 0.583. The molecule has 84 valence electrons. The van der Waals surface area contributed by atoms with E-state index in [1.165, 1.54) is 12.3 Å². The van der Waals surface area contributed by atoms with E-state index in [0.717, 1.165) is 18.5 Å². The summed E-state index contributed by atoms with van der Waals surface area (Å²) < 4.78 is 12.7. The van der Waals surface area contributed by atoms with E-state index in [1.54, 1.807) is 6.07 Å². The van der Waals surface area contributed by atoms with E-state index in [-0.39, 0.29) is 5.82 Å². The third-order valence-electron chi connectivity index (χ3n) is 3.02. The van der Waals surface area contributed by atoms with Crippen molar-refractivity contribution < 1.29 is 4.39 Å². The van der Waals surface area contributed by atoms with Crippen LogP contribution in [0, 0.1) is 11.7 Å². The number of halogens is 1. The molecule has 0 spiro atoms. The zero-order valence-electron chi connectivity index (χ0n) is 9.63. The van der Waals surface area contributed by atoms with Crippen molar-refractivity contribution in [3.63, 3.8) is 0 Å². The summed E-state index contributed by atoms with van der Waals surface area (Å²) in [6.07, 6.45) is 3.36. The lowest BCUT2D eigenvalue weighted by Gasteiger charge is -2.31. The van der Waals surface area contributed by atoms with Crippen LogP contribution in [0.1, 0.15) is 39.3 Å². The highest BCUT2D eigenvalue weighted by Gasteiger charge is 2.29. The number of hydrogen-bond donors (Lipinski definition) is 1. The van der Waals surface area contributed by atoms with Gasteiger partial charge in [-0.1, -0.05) is 20.3 Å². The Hall–Kier alpha value is -0.960. The number of rotatable bonds is 4. The van der Waals surface area contributed by atoms with Crippen molar-refractivity contribution in [3.8, 4) is 0 Å². The monoisotopic (exact) mass is 210 g/mol. The zero-order valence-corrected chi connectivity index (χ0v) is 9.63. The normalized spacial score (nSPS) is 17.1. The quantitative estimate of drug-likeness (QED) is 0.830. The van der Waals surface area contributed by atoms with Crippen LogP contribution in [0.4, 0.5) is 4.39 Å². The van der Waals surface area contributed by atoms with Crippen molar-refractivity contribution in [1.82, 2.24) is 4.98 Å². The summed E-state index contributed by atoms with van der Waals surface area (Å²) in [5, 5.41) is 0. The maximum absolute atomic E-state index is 12.7. The zero-order chi connectivity index (χ0) is 11.5. The molecule has 2 atom stereocenters. The van der Waals surface area contributed by atoms with Crippen LogP contribution in [0.3, 0.4) is 0 Å². The molecular formula is C12H19FN2. The number of nitrogens with two attached hydrogens (primary N) is 1. The molecule has 0 aliphatic rings. The largest absolute Gasteiger partial charge is 0.320 e. The topological polar surface area (TPSA) is 38.9 Å². The first-order valence-electron chi connectivity index (χ1n) is 5.39. The molecule has 15 heavy (non-hydrogen) atoms. The molecule has 0 bridgehead atoms. The van der Waals surface area contributed by atoms with Crippen molar-refractivity contribution in [3.05, 3.63) is 29.8 Å². The summed E-state index contributed by atoms with van der Waals surface area (Å²) in [6, 6.07) is 3.08. The maximum atomic E-state index is 12.7. The lowest BCUT2D eigenvalue weighted by atomic mass is 9.82. The molecule has 1 aromatic heterocycles. The third-order valence-corrected chi connectivity index (χ3v) is 3.02. The predicted molar refractivity (Wildman–Crippen MR) is 59.8 cm³/mol. The van der Waals surface area contributed by atoms with Crippen molar-refractivity contribution >= 4 is 0 Å². The van der Waals surface area contributed by atoms with E-state index in [9.17, 15) is 4.39 Å². The minimum absolute atomic E-state index is 0.322. The molecule has 0 fully saturated rings. The second kappa shape index (κ2) is 4.71. The fourth-order valence-corrected chi connectivity index (χ4v) is 1.68. The van der Waals surface area contributed by atoms with Crippen LogP contribution in [-0.2, 0) is 5.54 Å². The van der Waals surface area contributed by atoms with Gasteiger partial charge in [-0.25, -0.2) is 4.39 Å². The van der Waals surface area contributed by atoms with E-state index in [2.05, 4.69) is 18.8 Å². The van der Waals surface area contributed by atoms with Crippen LogP contribution in [-0.4, -0.2) is 4.98 Å². The van der Waals surface area contributed by atoms with E-state index in [4.69, 9.17) is 5.73 Å². The first-order chi connectivity index (χ1) is 6.98. The Balaban J connectivity index is 2.89. The van der Waals surface area contributed by atoms with Crippen LogP contribution in [0.2, 0.25) is 0 Å². The molecule has 0 radical (unpaired) electrons. The molecule has 2 N–H and O–H groups in total. The second-order valence-electron chi connectivity index (χ2n) is 4.33. The van der Waals surface area contributed by atoms with Crippen LogP contribution >= 0.6 is 0 Å². The van der Waals surface area contributed by atoms with Crippen LogP contribution in [0.5, 0.6) is 0 Å². The molecule has 3 heteroatoms. The first kappa shape index (κ1) is 12.1. The van der Waals surface area contributed by atoms with Gasteiger partial charge in [0.25, 0.3) is 0 Å². The molecule has 0 aliphatic carbocycles. The Bertz CT molecular complexity index is 306. The minimum Gasteiger partial charge on any atom is -0.320 e. The summed E-state index contributed by atoms with van der Waals surface area (Å²) in [4.78, 5) is 4.05. The van der Waals surface area contributed by atoms with Gasteiger partial charge in [0.05, 0.1) is 17.4 Å². The molecule has 2 unspecified atom stereocenters. The van der Waals surface area contributed by atoms with Crippen molar-refractivity contribution in [2.45, 2.75) is 39.2 Å². The summed E-state index contributed by atoms with van der Waals surface area (Å²) in [5.74, 6) is 0.0122. The van der Waals surface area contributed by atoms with Crippen LogP contribution < -0.4 is 5.73 Å². The third kappa shape index (κ3) is 2.75. The number of aromatic nitrogens is 1. The van der Waals surface area contributed by atoms with Gasteiger partial charge in [-0.3, -0.25) is 4.98 Å². The van der Waals surface area contributed by atoms with Crippen LogP contribution in [0.25, 0.3) is 0 Å². The minimum atomic E-state index is -0.482. The van der Waals surface area contributed by atoms with E-state index in [0.29, 0.717) is 5.92 Å². The molecule has 1 aromatic rings. The highest BCUT2D eigenvalue weighted by molar-refractivity contribution is 5.15. The highest BCUT2D eigenvalue weighted by atomic mass is 19.1. The Kier molecular flexibility index (Phi) is 3.80. The molecular weight excluding hydrogens is 191 g/mol. The summed E-state index contributed by atoms with van der Waals surface area (Å²) >= 11 is 0. The van der Waals surface area contributed by atoms with Gasteiger partial charge < -0.3 is 5.73 Å². The lowest BCUT2D eigenvalue weighted by Crippen LogP contribution is -2.40. The van der Waals surface area contributed by atoms with Gasteiger partial charge in [-0.2, -0.15) is 0 Å². The predicted octanol–water partition coefficient (Wildman–Crippen LogP) is 2.83. The van der Waals surface area contributed by atoms with Gasteiger partial charge in [-0.05, 0) is 31.4 Å². The molecule has 1 heterocycles. The molecule has 0 aromatic carbocycles. The van der Waals surface area contributed by atoms with Gasteiger partial charge in [0, 0.05) is 0 Å². The molecule has 0 saturated heterocycles. The standard InChI is InChI=1S/C12H19FN2/c1-4-5-9(2)12(3,14)11-7-6-10(13)8-15-11/h6-9H,4-5,14H2,1-3H3.